The van der Waals surface area contributed by atoms with E-state index in [4.69, 9.17) is 5.26 Å². The fourth-order valence-corrected chi connectivity index (χ4v) is 1.40. The summed E-state index contributed by atoms with van der Waals surface area (Å²) in [6.07, 6.45) is 5.39. The normalized spacial score (nSPS) is 11.1. The van der Waals surface area contributed by atoms with Crippen LogP contribution in [0.2, 0.25) is 0 Å². The van der Waals surface area contributed by atoms with Gasteiger partial charge in [0.15, 0.2) is 0 Å². The Labute approximate surface area is 93.2 Å². The number of aryl methyl sites for hydroxylation is 1. The largest absolute Gasteiger partial charge is 0.300 e. The van der Waals surface area contributed by atoms with Gasteiger partial charge in [-0.15, -0.1) is 0 Å². The van der Waals surface area contributed by atoms with E-state index in [1.54, 1.807) is 18.5 Å². The number of hydrogen-bond donors (Lipinski definition) is 0. The quantitative estimate of drug-likeness (QED) is 0.671. The highest BCUT2D eigenvalue weighted by molar-refractivity contribution is 5.29. The second-order valence-corrected chi connectivity index (χ2v) is 3.30. The summed E-state index contributed by atoms with van der Waals surface area (Å²) in [6, 6.07) is 9.37. The van der Waals surface area contributed by atoms with Crippen LogP contribution < -0.4 is 5.49 Å². The lowest BCUT2D eigenvalue weighted by atomic mass is 10.3. The van der Waals surface area contributed by atoms with Gasteiger partial charge in [-0.05, 0) is 31.2 Å². The smallest absolute Gasteiger partial charge is 0.207 e. The molecule has 4 heteroatoms. The van der Waals surface area contributed by atoms with Gasteiger partial charge in [0.25, 0.3) is 0 Å². The van der Waals surface area contributed by atoms with Gasteiger partial charge in [0.1, 0.15) is 5.49 Å². The molecule has 0 amide bonds. The maximum Gasteiger partial charge on any atom is 0.207 e. The number of nitrogens with zero attached hydrogens (tertiary/aromatic N) is 4. The number of aromatic nitrogens is 2. The highest BCUT2D eigenvalue weighted by Gasteiger charge is 1.96. The maximum atomic E-state index is 8.59. The number of rotatable bonds is 1. The predicted molar refractivity (Wildman–Crippen MR) is 59.5 cm³/mol. The molecule has 0 fully saturated rings. The molecule has 0 saturated heterocycles. The van der Waals surface area contributed by atoms with Crippen LogP contribution in [0.15, 0.2) is 47.7 Å². The maximum absolute atomic E-state index is 8.59. The number of nitriles is 1. The van der Waals surface area contributed by atoms with E-state index < -0.39 is 0 Å². The Bertz CT molecular complexity index is 587. The van der Waals surface area contributed by atoms with Gasteiger partial charge in [0, 0.05) is 11.9 Å². The Morgan fingerprint density at radius 2 is 2.19 bits per heavy atom. The number of hydrogen-bond acceptors (Lipinski definition) is 3. The lowest BCUT2D eigenvalue weighted by molar-refractivity contribution is 0.939. The summed E-state index contributed by atoms with van der Waals surface area (Å²) in [6.45, 7) is 1.93. The molecule has 0 aliphatic rings. The Balaban J connectivity index is 2.61. The first kappa shape index (κ1) is 10.1. The van der Waals surface area contributed by atoms with Gasteiger partial charge < -0.3 is 0 Å². The van der Waals surface area contributed by atoms with Crippen molar-refractivity contribution >= 4 is 0 Å². The van der Waals surface area contributed by atoms with Crippen molar-refractivity contribution in [3.05, 3.63) is 53.9 Å². The minimum absolute atomic E-state index is 0.593. The molecule has 0 unspecified atom stereocenters. The average Bonchev–Trinajstić information content (AvgIpc) is 2.32. The molecule has 0 saturated carbocycles. The summed E-state index contributed by atoms with van der Waals surface area (Å²) in [5, 5.41) is 8.59. The predicted octanol–water partition coefficient (Wildman–Crippen LogP) is 1.56. The van der Waals surface area contributed by atoms with E-state index in [-0.39, 0.29) is 0 Å². The van der Waals surface area contributed by atoms with Crippen molar-refractivity contribution in [1.29, 1.82) is 5.26 Å². The second-order valence-electron chi connectivity index (χ2n) is 3.30. The van der Waals surface area contributed by atoms with E-state index in [9.17, 15) is 0 Å². The van der Waals surface area contributed by atoms with Gasteiger partial charge in [0.2, 0.25) is 6.19 Å². The minimum Gasteiger partial charge on any atom is -0.300 e. The lowest BCUT2D eigenvalue weighted by Gasteiger charge is -2.05. The Morgan fingerprint density at radius 1 is 1.31 bits per heavy atom. The number of pyridine rings is 2. The van der Waals surface area contributed by atoms with Gasteiger partial charge in [-0.2, -0.15) is 10.3 Å². The summed E-state index contributed by atoms with van der Waals surface area (Å²) < 4.78 is 1.82. The van der Waals surface area contributed by atoms with Gasteiger partial charge in [0.05, 0.1) is 11.9 Å². The molecule has 4 nitrogen and oxygen atoms in total. The molecule has 0 spiro atoms. The van der Waals surface area contributed by atoms with Crippen molar-refractivity contribution in [3.8, 4) is 11.9 Å². The lowest BCUT2D eigenvalue weighted by Crippen LogP contribution is -2.17. The van der Waals surface area contributed by atoms with Crippen LogP contribution in [-0.2, 0) is 0 Å². The first-order chi connectivity index (χ1) is 7.81. The molecule has 0 bridgehead atoms. The minimum atomic E-state index is 0.593. The molecule has 16 heavy (non-hydrogen) atoms. The van der Waals surface area contributed by atoms with Crippen LogP contribution in [0.4, 0.5) is 0 Å². The van der Waals surface area contributed by atoms with E-state index in [0.29, 0.717) is 5.49 Å². The van der Waals surface area contributed by atoms with Crippen molar-refractivity contribution in [3.63, 3.8) is 0 Å². The highest BCUT2D eigenvalue weighted by Crippen LogP contribution is 2.03. The van der Waals surface area contributed by atoms with Crippen LogP contribution in [0.5, 0.6) is 0 Å². The van der Waals surface area contributed by atoms with Crippen LogP contribution in [-0.4, -0.2) is 9.55 Å². The van der Waals surface area contributed by atoms with E-state index in [2.05, 4.69) is 9.98 Å². The standard InChI is InChI=1S/C12H10N4/c1-10-5-6-11(8-14-10)16-7-3-2-4-12(16)15-9-13/h2-8H,1H3. The summed E-state index contributed by atoms with van der Waals surface area (Å²) >= 11 is 0. The molecule has 0 N–H and O–H groups in total. The Hall–Kier alpha value is -2.41. The van der Waals surface area contributed by atoms with Crippen LogP contribution in [0, 0.1) is 18.4 Å². The van der Waals surface area contributed by atoms with E-state index in [1.807, 2.05) is 42.0 Å². The van der Waals surface area contributed by atoms with Gasteiger partial charge in [-0.1, -0.05) is 6.07 Å². The molecule has 2 heterocycles. The molecule has 2 aromatic heterocycles. The summed E-state index contributed by atoms with van der Waals surface area (Å²) in [4.78, 5) is 7.96. The Kier molecular flexibility index (Phi) is 2.79. The highest BCUT2D eigenvalue weighted by atomic mass is 15.0. The fraction of sp³-hybridized carbons (Fsp3) is 0.0833. The van der Waals surface area contributed by atoms with Gasteiger partial charge >= 0.3 is 0 Å². The zero-order valence-corrected chi connectivity index (χ0v) is 8.83. The van der Waals surface area contributed by atoms with Crippen molar-refractivity contribution in [2.75, 3.05) is 0 Å². The van der Waals surface area contributed by atoms with E-state index >= 15 is 0 Å². The van der Waals surface area contributed by atoms with Crippen LogP contribution in [0.25, 0.3) is 5.69 Å². The zero-order chi connectivity index (χ0) is 11.4. The summed E-state index contributed by atoms with van der Waals surface area (Å²) in [5.74, 6) is 0. The van der Waals surface area contributed by atoms with Crippen molar-refractivity contribution in [1.82, 2.24) is 9.55 Å². The van der Waals surface area contributed by atoms with Crippen LogP contribution in [0.1, 0.15) is 5.69 Å². The molecule has 2 rings (SSSR count). The van der Waals surface area contributed by atoms with Crippen LogP contribution in [0.3, 0.4) is 0 Å². The van der Waals surface area contributed by atoms with Crippen molar-refractivity contribution < 1.29 is 0 Å². The molecular formula is C12H10N4. The van der Waals surface area contributed by atoms with Gasteiger partial charge in [-0.25, -0.2) is 0 Å². The first-order valence-electron chi connectivity index (χ1n) is 4.85. The first-order valence-corrected chi connectivity index (χ1v) is 4.85. The molecule has 78 valence electrons. The van der Waals surface area contributed by atoms with Crippen molar-refractivity contribution in [2.24, 2.45) is 4.99 Å². The van der Waals surface area contributed by atoms with Crippen molar-refractivity contribution in [2.45, 2.75) is 6.92 Å². The molecular weight excluding hydrogens is 200 g/mol. The second kappa shape index (κ2) is 4.41. The molecule has 0 aromatic carbocycles. The van der Waals surface area contributed by atoms with Crippen LogP contribution >= 0.6 is 0 Å². The van der Waals surface area contributed by atoms with Gasteiger partial charge in [-0.3, -0.25) is 9.55 Å². The monoisotopic (exact) mass is 210 g/mol. The van der Waals surface area contributed by atoms with E-state index in [1.165, 1.54) is 0 Å². The molecule has 0 atom stereocenters. The fourth-order valence-electron chi connectivity index (χ4n) is 1.40. The summed E-state index contributed by atoms with van der Waals surface area (Å²) in [5.41, 5.74) is 2.44. The molecule has 0 radical (unpaired) electrons. The van der Waals surface area contributed by atoms with E-state index in [0.717, 1.165) is 11.4 Å². The molecule has 0 aliphatic heterocycles. The average molecular weight is 210 g/mol. The third kappa shape index (κ3) is 1.98. The summed E-state index contributed by atoms with van der Waals surface area (Å²) in [7, 11) is 0. The zero-order valence-electron chi connectivity index (χ0n) is 8.83. The topological polar surface area (TPSA) is 54.0 Å². The SMILES string of the molecule is Cc1ccc(-n2ccccc2=NC#N)cn1. The Morgan fingerprint density at radius 3 is 2.88 bits per heavy atom. The third-order valence-corrected chi connectivity index (χ3v) is 2.18. The third-order valence-electron chi connectivity index (χ3n) is 2.18. The molecule has 0 aliphatic carbocycles. The molecule has 2 aromatic rings.